The fraction of sp³-hybridized carbons (Fsp3) is 0.409. The van der Waals surface area contributed by atoms with Crippen molar-refractivity contribution in [3.63, 3.8) is 0 Å². The highest BCUT2D eigenvalue weighted by Gasteiger charge is 2.54. The standard InChI is InChI=1S/C22H23N9O7S3/c32-6-5-30-22(26-28-29-30)41-8-11-7-39-19-15(18(35)31(19)16(11)20(36)37)25-17(34)14(27-38-12-3-1-2-4-12)13-9-40-21(24-13)23-10-33/h1,3,9-10,12,15,19,32H,2,4-8H2,(H,25,34)(H,36,37)(H,23,24,33)/t12?,15?,19-/m0/s1. The Balaban J connectivity index is 1.30. The minimum atomic E-state index is -1.27. The summed E-state index contributed by atoms with van der Waals surface area (Å²) < 4.78 is 1.40. The summed E-state index contributed by atoms with van der Waals surface area (Å²) in [4.78, 5) is 60.4. The van der Waals surface area contributed by atoms with Gasteiger partial charge in [-0.15, -0.1) is 28.2 Å². The maximum atomic E-state index is 13.3. The number of tetrazole rings is 1. The highest BCUT2D eigenvalue weighted by molar-refractivity contribution is 8.01. The van der Waals surface area contributed by atoms with E-state index >= 15 is 0 Å². The number of rotatable bonds is 13. The molecule has 19 heteroatoms. The highest BCUT2D eigenvalue weighted by Crippen LogP contribution is 2.41. The number of hydrogen-bond donors (Lipinski definition) is 4. The first-order valence-electron chi connectivity index (χ1n) is 12.2. The van der Waals surface area contributed by atoms with Gasteiger partial charge in [0, 0.05) is 16.9 Å². The minimum Gasteiger partial charge on any atom is -0.477 e. The highest BCUT2D eigenvalue weighted by atomic mass is 32.2. The van der Waals surface area contributed by atoms with Crippen LogP contribution in [-0.2, 0) is 30.6 Å². The third-order valence-corrected chi connectivity index (χ3v) is 9.27. The first-order valence-corrected chi connectivity index (χ1v) is 15.1. The van der Waals surface area contributed by atoms with Crippen molar-refractivity contribution in [2.45, 2.75) is 42.1 Å². The number of aliphatic hydroxyl groups is 1. The first-order chi connectivity index (χ1) is 19.9. The van der Waals surface area contributed by atoms with E-state index in [1.165, 1.54) is 38.5 Å². The zero-order valence-electron chi connectivity index (χ0n) is 21.1. The van der Waals surface area contributed by atoms with Crippen molar-refractivity contribution in [1.29, 1.82) is 0 Å². The molecule has 3 amide bonds. The lowest BCUT2D eigenvalue weighted by Crippen LogP contribution is -2.71. The summed E-state index contributed by atoms with van der Waals surface area (Å²) in [6.07, 6.45) is 5.42. The van der Waals surface area contributed by atoms with Gasteiger partial charge >= 0.3 is 5.97 Å². The van der Waals surface area contributed by atoms with Gasteiger partial charge in [-0.05, 0) is 34.9 Å². The van der Waals surface area contributed by atoms with Crippen molar-refractivity contribution in [1.82, 2.24) is 35.4 Å². The summed E-state index contributed by atoms with van der Waals surface area (Å²) in [5, 5.41) is 41.0. The number of aromatic nitrogens is 5. The van der Waals surface area contributed by atoms with Crippen molar-refractivity contribution in [2.24, 2.45) is 5.16 Å². The molecule has 2 aromatic heterocycles. The molecule has 216 valence electrons. The molecule has 0 saturated carbocycles. The van der Waals surface area contributed by atoms with Crippen LogP contribution in [0.2, 0.25) is 0 Å². The van der Waals surface area contributed by atoms with Gasteiger partial charge in [0.05, 0.1) is 13.2 Å². The zero-order valence-corrected chi connectivity index (χ0v) is 23.5. The number of β-lactam (4-membered cyclic amide) rings is 1. The molecule has 1 fully saturated rings. The molecule has 0 bridgehead atoms. The molecule has 0 aromatic carbocycles. The molecular formula is C22H23N9O7S3. The largest absolute Gasteiger partial charge is 0.477 e. The molecule has 16 nitrogen and oxygen atoms in total. The number of carbonyl (C=O) groups excluding carboxylic acids is 3. The average molecular weight is 622 g/mol. The van der Waals surface area contributed by atoms with Gasteiger partial charge in [0.15, 0.2) is 10.8 Å². The van der Waals surface area contributed by atoms with Gasteiger partial charge in [0.2, 0.25) is 11.6 Å². The van der Waals surface area contributed by atoms with Crippen LogP contribution in [0.1, 0.15) is 18.5 Å². The van der Waals surface area contributed by atoms with Crippen molar-refractivity contribution >= 4 is 69.9 Å². The third-order valence-electron chi connectivity index (χ3n) is 6.12. The lowest BCUT2D eigenvalue weighted by atomic mass is 10.0. The Labute approximate surface area is 244 Å². The number of aliphatic hydroxyl groups excluding tert-OH is 1. The van der Waals surface area contributed by atoms with E-state index in [2.05, 4.69) is 36.3 Å². The fourth-order valence-corrected chi connectivity index (χ4v) is 7.25. The molecular weight excluding hydrogens is 598 g/mol. The Hall–Kier alpha value is -3.81. The smallest absolute Gasteiger partial charge is 0.352 e. The van der Waals surface area contributed by atoms with E-state index in [1.54, 1.807) is 0 Å². The van der Waals surface area contributed by atoms with Crippen LogP contribution in [0.3, 0.4) is 0 Å². The fourth-order valence-electron chi connectivity index (χ4n) is 4.21. The van der Waals surface area contributed by atoms with Gasteiger partial charge in [-0.25, -0.2) is 14.5 Å². The third kappa shape index (κ3) is 6.11. The summed E-state index contributed by atoms with van der Waals surface area (Å²) in [7, 11) is 0. The SMILES string of the molecule is O=CNc1nc(C(=NOC2C=CCC2)C(=O)NC2C(=O)N3C(C(=O)O)=C(CSc4nnnn4CCO)CS[C@@H]23)cs1. The van der Waals surface area contributed by atoms with Gasteiger partial charge in [0.25, 0.3) is 11.8 Å². The molecule has 2 aromatic rings. The summed E-state index contributed by atoms with van der Waals surface area (Å²) in [6.45, 7) is 0.0243. The lowest BCUT2D eigenvalue weighted by Gasteiger charge is -2.49. The maximum absolute atomic E-state index is 13.3. The number of thiazole rings is 1. The van der Waals surface area contributed by atoms with Crippen LogP contribution in [0.5, 0.6) is 0 Å². The summed E-state index contributed by atoms with van der Waals surface area (Å²) in [5.41, 5.74) is 0.317. The molecule has 1 aliphatic carbocycles. The Kier molecular flexibility index (Phi) is 8.96. The predicted molar refractivity (Wildman–Crippen MR) is 147 cm³/mol. The molecule has 5 rings (SSSR count). The quantitative estimate of drug-likeness (QED) is 0.0563. The number of oxime groups is 1. The lowest BCUT2D eigenvalue weighted by molar-refractivity contribution is -0.150. The second kappa shape index (κ2) is 12.8. The van der Waals surface area contributed by atoms with Crippen molar-refractivity contribution in [3.8, 4) is 0 Å². The zero-order chi connectivity index (χ0) is 28.9. The van der Waals surface area contributed by atoms with Gasteiger partial charge in [-0.2, -0.15) is 0 Å². The molecule has 1 saturated heterocycles. The van der Waals surface area contributed by atoms with Gasteiger partial charge < -0.3 is 25.7 Å². The van der Waals surface area contributed by atoms with Crippen LogP contribution in [-0.4, -0.2) is 106 Å². The van der Waals surface area contributed by atoms with Gasteiger partial charge in [-0.3, -0.25) is 19.3 Å². The number of carboxylic acid groups (broad SMARTS) is 1. The second-order valence-electron chi connectivity index (χ2n) is 8.70. The van der Waals surface area contributed by atoms with E-state index in [1.807, 2.05) is 12.2 Å². The number of carbonyl (C=O) groups is 4. The van der Waals surface area contributed by atoms with Gasteiger partial charge in [-0.1, -0.05) is 23.0 Å². The topological polar surface area (TPSA) is 214 Å². The summed E-state index contributed by atoms with van der Waals surface area (Å²) in [6, 6.07) is -1.00. The monoisotopic (exact) mass is 621 g/mol. The number of aliphatic carboxylic acids is 1. The number of carboxylic acids is 1. The van der Waals surface area contributed by atoms with Crippen LogP contribution in [0.4, 0.5) is 5.13 Å². The van der Waals surface area contributed by atoms with Gasteiger partial charge in [0.1, 0.15) is 28.9 Å². The number of anilines is 1. The number of nitrogens with zero attached hydrogens (tertiary/aromatic N) is 7. The predicted octanol–water partition coefficient (Wildman–Crippen LogP) is -0.340. The Bertz CT molecular complexity index is 1440. The molecule has 0 spiro atoms. The van der Waals surface area contributed by atoms with Crippen LogP contribution in [0.15, 0.2) is 39.1 Å². The number of amides is 3. The number of thioether (sulfide) groups is 2. The molecule has 3 aliphatic rings. The Morgan fingerprint density at radius 3 is 2.95 bits per heavy atom. The molecule has 4 N–H and O–H groups in total. The summed E-state index contributed by atoms with van der Waals surface area (Å²) >= 11 is 3.59. The van der Waals surface area contributed by atoms with E-state index in [4.69, 9.17) is 9.94 Å². The number of fused-ring (bicyclic) bond motifs is 1. The van der Waals surface area contributed by atoms with E-state index in [-0.39, 0.29) is 47.2 Å². The van der Waals surface area contributed by atoms with E-state index < -0.39 is 29.2 Å². The van der Waals surface area contributed by atoms with Crippen molar-refractivity contribution in [3.05, 3.63) is 34.5 Å². The molecule has 2 unspecified atom stereocenters. The minimum absolute atomic E-state index is 0.146. The molecule has 2 aliphatic heterocycles. The first kappa shape index (κ1) is 28.7. The van der Waals surface area contributed by atoms with Crippen molar-refractivity contribution < 1.29 is 34.2 Å². The molecule has 0 radical (unpaired) electrons. The van der Waals surface area contributed by atoms with Crippen LogP contribution in [0.25, 0.3) is 0 Å². The Morgan fingerprint density at radius 2 is 2.22 bits per heavy atom. The number of hydrogen-bond acceptors (Lipinski definition) is 14. The number of nitrogens with one attached hydrogen (secondary N) is 2. The van der Waals surface area contributed by atoms with E-state index in [9.17, 15) is 24.3 Å². The van der Waals surface area contributed by atoms with E-state index in [0.29, 0.717) is 29.3 Å². The van der Waals surface area contributed by atoms with Crippen molar-refractivity contribution in [2.75, 3.05) is 23.4 Å². The molecule has 4 heterocycles. The second-order valence-corrected chi connectivity index (χ2v) is 11.6. The summed E-state index contributed by atoms with van der Waals surface area (Å²) in [5.74, 6) is -2.08. The maximum Gasteiger partial charge on any atom is 0.352 e. The van der Waals surface area contributed by atoms with Crippen LogP contribution in [0, 0.1) is 0 Å². The average Bonchev–Trinajstić information content (AvgIpc) is 3.74. The van der Waals surface area contributed by atoms with Crippen LogP contribution < -0.4 is 10.6 Å². The van der Waals surface area contributed by atoms with Crippen LogP contribution >= 0.6 is 34.9 Å². The number of allylic oxidation sites excluding steroid dienone is 1. The molecule has 41 heavy (non-hydrogen) atoms. The molecule has 3 atom stereocenters. The normalized spacial score (nSPS) is 21.9. The Morgan fingerprint density at radius 1 is 1.37 bits per heavy atom. The van der Waals surface area contributed by atoms with E-state index in [0.717, 1.165) is 17.8 Å².